The van der Waals surface area contributed by atoms with Crippen molar-refractivity contribution in [1.82, 2.24) is 15.3 Å². The first-order chi connectivity index (χ1) is 19.6. The summed E-state index contributed by atoms with van der Waals surface area (Å²) in [5.41, 5.74) is 2.90. The van der Waals surface area contributed by atoms with Crippen LogP contribution in [0.25, 0.3) is 11.3 Å². The number of hydrogen-bond acceptors (Lipinski definition) is 8. The molecule has 0 spiro atoms. The van der Waals surface area contributed by atoms with Crippen LogP contribution in [0.15, 0.2) is 65.7 Å². The van der Waals surface area contributed by atoms with Crippen LogP contribution in [0.5, 0.6) is 11.5 Å². The summed E-state index contributed by atoms with van der Waals surface area (Å²) >= 11 is 1.24. The summed E-state index contributed by atoms with van der Waals surface area (Å²) in [5.74, 6) is 0.134. The highest BCUT2D eigenvalue weighted by atomic mass is 32.2. The van der Waals surface area contributed by atoms with Gasteiger partial charge in [-0.25, -0.2) is 13.4 Å². The molecule has 2 amide bonds. The maximum Gasteiger partial charge on any atom is 0.271 e. The van der Waals surface area contributed by atoms with Crippen LogP contribution in [0.3, 0.4) is 0 Å². The number of aryl methyl sites for hydroxylation is 2. The molecule has 11 heteroatoms. The smallest absolute Gasteiger partial charge is 0.271 e. The number of amides is 2. The lowest BCUT2D eigenvalue weighted by molar-refractivity contribution is 0.0931. The maximum absolute atomic E-state index is 13.4. The molecule has 2 heterocycles. The minimum Gasteiger partial charge on any atom is -0.457 e. The van der Waals surface area contributed by atoms with Gasteiger partial charge in [0.1, 0.15) is 17.2 Å². The van der Waals surface area contributed by atoms with Crippen LogP contribution < -0.4 is 15.4 Å². The van der Waals surface area contributed by atoms with Crippen molar-refractivity contribution in [3.8, 4) is 22.8 Å². The summed E-state index contributed by atoms with van der Waals surface area (Å²) in [4.78, 5) is 36.0. The lowest BCUT2D eigenvalue weighted by Gasteiger charge is -2.12. The van der Waals surface area contributed by atoms with E-state index in [0.29, 0.717) is 39.1 Å². The zero-order valence-corrected chi connectivity index (χ0v) is 24.6. The molecular formula is C30H30N4O5S2. The molecule has 1 saturated carbocycles. The van der Waals surface area contributed by atoms with E-state index in [1.807, 2.05) is 26.0 Å². The molecule has 2 aromatic carbocycles. The Morgan fingerprint density at radius 2 is 1.71 bits per heavy atom. The van der Waals surface area contributed by atoms with Crippen LogP contribution >= 0.6 is 11.3 Å². The second kappa shape index (κ2) is 11.8. The van der Waals surface area contributed by atoms with Crippen LogP contribution in [-0.4, -0.2) is 42.5 Å². The van der Waals surface area contributed by atoms with Crippen LogP contribution in [-0.2, 0) is 9.84 Å². The lowest BCUT2D eigenvalue weighted by atomic mass is 10.0. The number of carbonyl (C=O) groups is 2. The van der Waals surface area contributed by atoms with Gasteiger partial charge in [-0.1, -0.05) is 18.9 Å². The monoisotopic (exact) mass is 590 g/mol. The molecule has 2 N–H and O–H groups in total. The summed E-state index contributed by atoms with van der Waals surface area (Å²) in [7, 11) is -3.35. The zero-order chi connectivity index (χ0) is 29.1. The fourth-order valence-electron chi connectivity index (χ4n) is 4.76. The number of nitrogens with zero attached hydrogens (tertiary/aromatic N) is 2. The molecule has 212 valence electrons. The maximum atomic E-state index is 13.4. The highest BCUT2D eigenvalue weighted by Gasteiger charge is 2.22. The van der Waals surface area contributed by atoms with Gasteiger partial charge < -0.3 is 10.1 Å². The van der Waals surface area contributed by atoms with E-state index in [9.17, 15) is 18.0 Å². The first-order valence-corrected chi connectivity index (χ1v) is 15.9. The lowest BCUT2D eigenvalue weighted by Crippen LogP contribution is -2.33. The van der Waals surface area contributed by atoms with Gasteiger partial charge in [-0.15, -0.1) is 11.3 Å². The molecule has 1 aliphatic rings. The van der Waals surface area contributed by atoms with Crippen molar-refractivity contribution in [2.24, 2.45) is 0 Å². The number of nitrogens with one attached hydrogen (secondary N) is 2. The van der Waals surface area contributed by atoms with E-state index in [0.717, 1.165) is 42.4 Å². The van der Waals surface area contributed by atoms with Crippen molar-refractivity contribution in [2.45, 2.75) is 50.5 Å². The third kappa shape index (κ3) is 6.80. The van der Waals surface area contributed by atoms with E-state index in [2.05, 4.69) is 20.6 Å². The number of thiazole rings is 1. The second-order valence-corrected chi connectivity index (χ2v) is 13.3. The van der Waals surface area contributed by atoms with Crippen LogP contribution in [0, 0.1) is 13.8 Å². The quantitative estimate of drug-likeness (QED) is 0.260. The van der Waals surface area contributed by atoms with Gasteiger partial charge in [0.25, 0.3) is 11.8 Å². The molecule has 41 heavy (non-hydrogen) atoms. The first-order valence-electron chi connectivity index (χ1n) is 13.2. The highest BCUT2D eigenvalue weighted by Crippen LogP contribution is 2.31. The Kier molecular flexibility index (Phi) is 8.18. The molecule has 0 aliphatic heterocycles. The largest absolute Gasteiger partial charge is 0.457 e. The Morgan fingerprint density at radius 1 is 0.976 bits per heavy atom. The number of hydrogen-bond donors (Lipinski definition) is 2. The summed E-state index contributed by atoms with van der Waals surface area (Å²) in [6.07, 6.45) is 6.97. The van der Waals surface area contributed by atoms with Crippen molar-refractivity contribution in [3.63, 3.8) is 0 Å². The molecule has 5 rings (SSSR count). The molecule has 2 aromatic heterocycles. The number of pyridine rings is 1. The van der Waals surface area contributed by atoms with E-state index in [1.54, 1.807) is 36.5 Å². The Bertz CT molecular complexity index is 1710. The van der Waals surface area contributed by atoms with Gasteiger partial charge in [0, 0.05) is 34.5 Å². The van der Waals surface area contributed by atoms with Crippen molar-refractivity contribution in [1.29, 1.82) is 0 Å². The molecule has 9 nitrogen and oxygen atoms in total. The van der Waals surface area contributed by atoms with Crippen molar-refractivity contribution < 1.29 is 22.7 Å². The number of anilines is 1. The number of rotatable bonds is 8. The van der Waals surface area contributed by atoms with Crippen LogP contribution in [0.2, 0.25) is 0 Å². The van der Waals surface area contributed by atoms with E-state index in [4.69, 9.17) is 4.74 Å². The summed E-state index contributed by atoms with van der Waals surface area (Å²) < 4.78 is 29.7. The van der Waals surface area contributed by atoms with Gasteiger partial charge in [0.15, 0.2) is 15.0 Å². The van der Waals surface area contributed by atoms with E-state index in [1.165, 1.54) is 23.5 Å². The Balaban J connectivity index is 1.42. The minimum absolute atomic E-state index is 0.167. The normalized spacial score (nSPS) is 13.6. The van der Waals surface area contributed by atoms with Gasteiger partial charge in [-0.05, 0) is 80.8 Å². The predicted molar refractivity (Wildman–Crippen MR) is 159 cm³/mol. The molecule has 1 aliphatic carbocycles. The fourth-order valence-corrected chi connectivity index (χ4v) is 6.19. The molecule has 0 saturated heterocycles. The fraction of sp³-hybridized carbons (Fsp3) is 0.267. The predicted octanol–water partition coefficient (Wildman–Crippen LogP) is 5.94. The molecular weight excluding hydrogens is 560 g/mol. The van der Waals surface area contributed by atoms with Crippen molar-refractivity contribution >= 4 is 38.1 Å². The third-order valence-electron chi connectivity index (χ3n) is 6.86. The van der Waals surface area contributed by atoms with Gasteiger partial charge in [-0.3, -0.25) is 19.9 Å². The molecule has 0 bridgehead atoms. The molecule has 1 fully saturated rings. The minimum atomic E-state index is -3.35. The van der Waals surface area contributed by atoms with Gasteiger partial charge in [-0.2, -0.15) is 0 Å². The zero-order valence-electron chi connectivity index (χ0n) is 22.9. The summed E-state index contributed by atoms with van der Waals surface area (Å²) in [6, 6.07) is 15.1. The average molecular weight is 591 g/mol. The number of sulfone groups is 1. The van der Waals surface area contributed by atoms with Crippen LogP contribution in [0.4, 0.5) is 5.13 Å². The standard InChI is InChI=1S/C30H30N4O5S2/c1-18-7-6-14-31-26(18)20-15-21(17-24(16-20)39-23-10-12-25(13-11-23)41(3,37)38)28(35)34-30-33-27(19(2)40-30)29(36)32-22-8-4-5-9-22/h6-7,10-17,22H,4-5,8-9H2,1-3H3,(H,32,36)(H,33,34,35). The first kappa shape index (κ1) is 28.4. The Hall–Kier alpha value is -4.09. The molecule has 0 atom stereocenters. The number of ether oxygens (including phenoxy) is 1. The number of benzene rings is 2. The van der Waals surface area contributed by atoms with Crippen LogP contribution in [0.1, 0.15) is 57.0 Å². The van der Waals surface area contributed by atoms with E-state index in [-0.39, 0.29) is 16.8 Å². The average Bonchev–Trinajstić information content (AvgIpc) is 3.57. The van der Waals surface area contributed by atoms with E-state index >= 15 is 0 Å². The number of carbonyl (C=O) groups excluding carboxylic acids is 2. The summed E-state index contributed by atoms with van der Waals surface area (Å²) in [6.45, 7) is 3.73. The molecule has 0 unspecified atom stereocenters. The molecule has 0 radical (unpaired) electrons. The van der Waals surface area contributed by atoms with Gasteiger partial charge in [0.2, 0.25) is 0 Å². The Morgan fingerprint density at radius 3 is 2.39 bits per heavy atom. The van der Waals surface area contributed by atoms with Gasteiger partial charge >= 0.3 is 0 Å². The topological polar surface area (TPSA) is 127 Å². The summed E-state index contributed by atoms with van der Waals surface area (Å²) in [5, 5.41) is 6.19. The third-order valence-corrected chi connectivity index (χ3v) is 8.88. The Labute approximate surface area is 242 Å². The second-order valence-electron chi connectivity index (χ2n) is 10.1. The number of aromatic nitrogens is 2. The van der Waals surface area contributed by atoms with Crippen molar-refractivity contribution in [2.75, 3.05) is 11.6 Å². The van der Waals surface area contributed by atoms with E-state index < -0.39 is 15.7 Å². The molecule has 4 aromatic rings. The van der Waals surface area contributed by atoms with Gasteiger partial charge in [0.05, 0.1) is 10.6 Å². The van der Waals surface area contributed by atoms with Crippen molar-refractivity contribution in [3.05, 3.63) is 82.5 Å². The highest BCUT2D eigenvalue weighted by molar-refractivity contribution is 7.90. The SMILES string of the molecule is Cc1cccnc1-c1cc(Oc2ccc(S(C)(=O)=O)cc2)cc(C(=O)Nc2nc(C(=O)NC3CCCC3)c(C)s2)c1.